The monoisotopic (exact) mass is 232 g/mol. The number of carbonyl (C=O) groups is 1. The minimum Gasteiger partial charge on any atom is -0.371 e. The number of rotatable bonds is 6. The van der Waals surface area contributed by atoms with Crippen LogP contribution < -0.4 is 0 Å². The van der Waals surface area contributed by atoms with Gasteiger partial charge in [-0.2, -0.15) is 0 Å². The highest BCUT2D eigenvalue weighted by atomic mass is 16.5. The van der Waals surface area contributed by atoms with E-state index in [1.165, 1.54) is 11.1 Å². The summed E-state index contributed by atoms with van der Waals surface area (Å²) < 4.78 is 5.46. The fraction of sp³-hybridized carbons (Fsp3) is 0.533. The van der Waals surface area contributed by atoms with Crippen LogP contribution in [0.25, 0.3) is 0 Å². The summed E-state index contributed by atoms with van der Waals surface area (Å²) in [7, 11) is 0. The first-order valence-corrected chi connectivity index (χ1v) is 6.48. The number of hydrogen-bond acceptors (Lipinski definition) is 2. The Balaban J connectivity index is 1.93. The molecule has 92 valence electrons. The molecule has 0 spiro atoms. The van der Waals surface area contributed by atoms with E-state index in [1.54, 1.807) is 0 Å². The molecule has 2 nitrogen and oxygen atoms in total. The van der Waals surface area contributed by atoms with Crippen LogP contribution in [0.2, 0.25) is 0 Å². The van der Waals surface area contributed by atoms with Crippen molar-refractivity contribution in [2.45, 2.75) is 45.1 Å². The summed E-state index contributed by atoms with van der Waals surface area (Å²) in [5.41, 5.74) is 2.75. The zero-order valence-electron chi connectivity index (χ0n) is 10.6. The van der Waals surface area contributed by atoms with Gasteiger partial charge in [0, 0.05) is 13.0 Å². The summed E-state index contributed by atoms with van der Waals surface area (Å²) in [5.74, 6) is 0.682. The highest BCUT2D eigenvalue weighted by Gasteiger charge is 2.29. The van der Waals surface area contributed by atoms with Crippen LogP contribution in [0, 0.1) is 0 Å². The Kier molecular flexibility index (Phi) is 3.95. The lowest BCUT2D eigenvalue weighted by Gasteiger charge is -2.30. The molecule has 0 saturated carbocycles. The molecule has 2 rings (SSSR count). The summed E-state index contributed by atoms with van der Waals surface area (Å²) in [4.78, 5) is 12.1. The lowest BCUT2D eigenvalue weighted by molar-refractivity contribution is -0.131. The van der Waals surface area contributed by atoms with Crippen molar-refractivity contribution in [2.75, 3.05) is 6.61 Å². The molecule has 0 fully saturated rings. The molecule has 17 heavy (non-hydrogen) atoms. The van der Waals surface area contributed by atoms with Crippen molar-refractivity contribution in [1.29, 1.82) is 0 Å². The lowest BCUT2D eigenvalue weighted by atomic mass is 9.74. The summed E-state index contributed by atoms with van der Waals surface area (Å²) in [5, 5.41) is 0. The highest BCUT2D eigenvalue weighted by Crippen LogP contribution is 2.37. The van der Waals surface area contributed by atoms with E-state index in [2.05, 4.69) is 24.3 Å². The van der Waals surface area contributed by atoms with Gasteiger partial charge >= 0.3 is 0 Å². The zero-order valence-corrected chi connectivity index (χ0v) is 10.6. The molecule has 1 aliphatic rings. The molecule has 1 aliphatic carbocycles. The first kappa shape index (κ1) is 12.3. The molecule has 0 N–H and O–H groups in total. The minimum atomic E-state index is -0.201. The maximum atomic E-state index is 12.1. The second kappa shape index (κ2) is 5.46. The van der Waals surface area contributed by atoms with Crippen LogP contribution in [-0.4, -0.2) is 18.5 Å². The molecule has 0 radical (unpaired) electrons. The topological polar surface area (TPSA) is 26.3 Å². The van der Waals surface area contributed by atoms with Gasteiger partial charge < -0.3 is 4.74 Å². The van der Waals surface area contributed by atoms with E-state index in [-0.39, 0.29) is 11.9 Å². The maximum Gasteiger partial charge on any atom is 0.162 e. The molecule has 0 aromatic heterocycles. The lowest BCUT2D eigenvalue weighted by Crippen LogP contribution is -2.28. The van der Waals surface area contributed by atoms with Gasteiger partial charge in [0.15, 0.2) is 5.78 Å². The average molecular weight is 232 g/mol. The number of fused-ring (bicyclic) bond motifs is 1. The molecule has 0 bridgehead atoms. The van der Waals surface area contributed by atoms with Crippen LogP contribution in [0.5, 0.6) is 0 Å². The molecule has 2 heteroatoms. The SMILES string of the molecule is CCOC(CC)C(=O)CC1Cc2ccccc21. The number of benzene rings is 1. The van der Waals surface area contributed by atoms with Crippen LogP contribution >= 0.6 is 0 Å². The summed E-state index contributed by atoms with van der Waals surface area (Å²) in [6.45, 7) is 4.56. The average Bonchev–Trinajstić information content (AvgIpc) is 2.32. The molecule has 2 atom stereocenters. The van der Waals surface area contributed by atoms with Crippen LogP contribution in [0.4, 0.5) is 0 Å². The normalized spacial score (nSPS) is 19.3. The molecule has 0 saturated heterocycles. The molecule has 0 aliphatic heterocycles. The molecule has 1 aromatic carbocycles. The van der Waals surface area contributed by atoms with Gasteiger partial charge in [-0.3, -0.25) is 4.79 Å². The number of ketones is 1. The van der Waals surface area contributed by atoms with E-state index < -0.39 is 0 Å². The van der Waals surface area contributed by atoms with Gasteiger partial charge in [-0.15, -0.1) is 0 Å². The van der Waals surface area contributed by atoms with Crippen molar-refractivity contribution in [3.63, 3.8) is 0 Å². The Labute approximate surface area is 103 Å². The van der Waals surface area contributed by atoms with Gasteiger partial charge in [0.2, 0.25) is 0 Å². The Bertz CT molecular complexity index is 398. The van der Waals surface area contributed by atoms with Crippen molar-refractivity contribution < 1.29 is 9.53 Å². The van der Waals surface area contributed by atoms with E-state index in [1.807, 2.05) is 13.8 Å². The molecular formula is C15H20O2. The van der Waals surface area contributed by atoms with E-state index in [0.29, 0.717) is 18.9 Å². The maximum absolute atomic E-state index is 12.1. The number of Topliss-reactive ketones (excluding diaryl/α,β-unsaturated/α-hetero) is 1. The van der Waals surface area contributed by atoms with Gasteiger partial charge in [-0.25, -0.2) is 0 Å². The number of carbonyl (C=O) groups excluding carboxylic acids is 1. The number of ether oxygens (including phenoxy) is 1. The van der Waals surface area contributed by atoms with Gasteiger partial charge in [0.1, 0.15) is 6.10 Å². The third-order valence-electron chi connectivity index (χ3n) is 3.51. The second-order valence-corrected chi connectivity index (χ2v) is 4.62. The quantitative estimate of drug-likeness (QED) is 0.753. The molecule has 0 heterocycles. The Morgan fingerprint density at radius 3 is 2.82 bits per heavy atom. The molecular weight excluding hydrogens is 212 g/mol. The van der Waals surface area contributed by atoms with Crippen LogP contribution in [0.15, 0.2) is 24.3 Å². The second-order valence-electron chi connectivity index (χ2n) is 4.62. The first-order valence-electron chi connectivity index (χ1n) is 6.48. The fourth-order valence-corrected chi connectivity index (χ4v) is 2.56. The van der Waals surface area contributed by atoms with E-state index >= 15 is 0 Å². The van der Waals surface area contributed by atoms with E-state index in [0.717, 1.165) is 12.8 Å². The third kappa shape index (κ3) is 2.58. The predicted molar refractivity (Wildman–Crippen MR) is 68.2 cm³/mol. The van der Waals surface area contributed by atoms with E-state index in [9.17, 15) is 4.79 Å². The van der Waals surface area contributed by atoms with Crippen LogP contribution in [0.3, 0.4) is 0 Å². The first-order chi connectivity index (χ1) is 8.26. The van der Waals surface area contributed by atoms with Gasteiger partial charge in [0.05, 0.1) is 0 Å². The number of hydrogen-bond donors (Lipinski definition) is 0. The largest absolute Gasteiger partial charge is 0.371 e. The molecule has 0 amide bonds. The van der Waals surface area contributed by atoms with Crippen molar-refractivity contribution in [3.05, 3.63) is 35.4 Å². The van der Waals surface area contributed by atoms with Crippen LogP contribution in [-0.2, 0) is 16.0 Å². The van der Waals surface area contributed by atoms with Crippen LogP contribution in [0.1, 0.15) is 43.7 Å². The van der Waals surface area contributed by atoms with Gasteiger partial charge in [-0.05, 0) is 36.8 Å². The van der Waals surface area contributed by atoms with E-state index in [4.69, 9.17) is 4.74 Å². The standard InChI is InChI=1S/C15H20O2/c1-3-15(17-4-2)14(16)10-12-9-11-7-5-6-8-13(11)12/h5-8,12,15H,3-4,9-10H2,1-2H3. The Morgan fingerprint density at radius 1 is 1.41 bits per heavy atom. The molecule has 1 aromatic rings. The van der Waals surface area contributed by atoms with Gasteiger partial charge in [-0.1, -0.05) is 31.2 Å². The smallest absolute Gasteiger partial charge is 0.162 e. The third-order valence-corrected chi connectivity index (χ3v) is 3.51. The van der Waals surface area contributed by atoms with Crippen molar-refractivity contribution >= 4 is 5.78 Å². The summed E-state index contributed by atoms with van der Waals surface area (Å²) in [6, 6.07) is 8.40. The van der Waals surface area contributed by atoms with Gasteiger partial charge in [0.25, 0.3) is 0 Å². The van der Waals surface area contributed by atoms with Crippen molar-refractivity contribution in [1.82, 2.24) is 0 Å². The fourth-order valence-electron chi connectivity index (χ4n) is 2.56. The zero-order chi connectivity index (χ0) is 12.3. The van der Waals surface area contributed by atoms with Crippen molar-refractivity contribution in [2.24, 2.45) is 0 Å². The minimum absolute atomic E-state index is 0.201. The summed E-state index contributed by atoms with van der Waals surface area (Å²) >= 11 is 0. The van der Waals surface area contributed by atoms with Crippen molar-refractivity contribution in [3.8, 4) is 0 Å². The summed E-state index contributed by atoms with van der Waals surface area (Å²) in [6.07, 6.45) is 2.26. The predicted octanol–water partition coefficient (Wildman–Crippen LogP) is 3.10. The molecule has 2 unspecified atom stereocenters. The Hall–Kier alpha value is -1.15. The highest BCUT2D eigenvalue weighted by molar-refractivity contribution is 5.84. The Morgan fingerprint density at radius 2 is 2.18 bits per heavy atom.